The molecule has 13 heteroatoms. The fourth-order valence-electron chi connectivity index (χ4n) is 5.68. The van der Waals surface area contributed by atoms with Crippen molar-refractivity contribution >= 4 is 39.6 Å². The molecule has 2 N–H and O–H groups in total. The van der Waals surface area contributed by atoms with Gasteiger partial charge in [0.15, 0.2) is 0 Å². The van der Waals surface area contributed by atoms with Crippen LogP contribution in [-0.4, -0.2) is 62.5 Å². The molecule has 4 unspecified atom stereocenters. The number of carbonyl (C=O) groups is 1. The highest BCUT2D eigenvalue weighted by Crippen LogP contribution is 2.71. The summed E-state index contributed by atoms with van der Waals surface area (Å²) in [6.07, 6.45) is -3.90. The quantitative estimate of drug-likeness (QED) is 0.360. The molecule has 0 amide bonds. The fourth-order valence-corrected chi connectivity index (χ4v) is 10.3. The molecule has 4 aliphatic carbocycles. The third-order valence-electron chi connectivity index (χ3n) is 6.61. The summed E-state index contributed by atoms with van der Waals surface area (Å²) < 4.78 is 89.5. The molecule has 5 rings (SSSR count). The first-order chi connectivity index (χ1) is 13.3. The first-order valence-corrected chi connectivity index (χ1v) is 12.5. The standard InChI is InChI=1S/C16H20F4O6S3/c17-15(16(18,19)20,29(23,24)25)12(22)26-13-3-8-1-9(4-13)14(10(2-8)5-13)27-7-11(6-21)28-14/h8-11,21H,1-7H2,(H,23,24,25). The zero-order valence-electron chi connectivity index (χ0n) is 15.0. The van der Waals surface area contributed by atoms with Gasteiger partial charge in [-0.15, -0.1) is 23.5 Å². The van der Waals surface area contributed by atoms with Gasteiger partial charge < -0.3 is 9.84 Å². The molecule has 6 nitrogen and oxygen atoms in total. The van der Waals surface area contributed by atoms with Gasteiger partial charge in [0.25, 0.3) is 0 Å². The third kappa shape index (κ3) is 3.13. The van der Waals surface area contributed by atoms with Crippen LogP contribution in [0.5, 0.6) is 0 Å². The maximum atomic E-state index is 14.4. The number of esters is 1. The number of ether oxygens (including phenoxy) is 1. The van der Waals surface area contributed by atoms with Crippen LogP contribution in [0.2, 0.25) is 0 Å². The minimum Gasteiger partial charge on any atom is -0.456 e. The van der Waals surface area contributed by atoms with Crippen LogP contribution in [0, 0.1) is 17.8 Å². The molecular formula is C16H20F4O6S3. The Morgan fingerprint density at radius 1 is 1.14 bits per heavy atom. The molecule has 1 saturated heterocycles. The van der Waals surface area contributed by atoms with E-state index in [1.54, 1.807) is 23.5 Å². The van der Waals surface area contributed by atoms with E-state index in [0.29, 0.717) is 0 Å². The zero-order chi connectivity index (χ0) is 21.5. The van der Waals surface area contributed by atoms with Crippen LogP contribution in [0.3, 0.4) is 0 Å². The molecule has 4 atom stereocenters. The van der Waals surface area contributed by atoms with E-state index < -0.39 is 32.9 Å². The van der Waals surface area contributed by atoms with Gasteiger partial charge in [-0.25, -0.2) is 9.18 Å². The first kappa shape index (κ1) is 22.0. The molecule has 1 spiro atoms. The molecule has 0 aromatic rings. The van der Waals surface area contributed by atoms with E-state index in [1.807, 2.05) is 0 Å². The molecule has 0 radical (unpaired) electrons. The van der Waals surface area contributed by atoms with Crippen LogP contribution in [0.1, 0.15) is 32.1 Å². The van der Waals surface area contributed by atoms with Crippen LogP contribution in [-0.2, 0) is 19.6 Å². The van der Waals surface area contributed by atoms with E-state index in [2.05, 4.69) is 0 Å². The van der Waals surface area contributed by atoms with Gasteiger partial charge in [0.1, 0.15) is 5.60 Å². The van der Waals surface area contributed by atoms with Gasteiger partial charge in [0, 0.05) is 11.0 Å². The maximum Gasteiger partial charge on any atom is 0.451 e. The Kier molecular flexibility index (Phi) is 5.02. The summed E-state index contributed by atoms with van der Waals surface area (Å²) in [7, 11) is -6.44. The first-order valence-electron chi connectivity index (χ1n) is 9.15. The van der Waals surface area contributed by atoms with Crippen molar-refractivity contribution in [2.75, 3.05) is 12.4 Å². The Hall–Kier alpha value is -0.240. The topological polar surface area (TPSA) is 101 Å². The number of aliphatic hydroxyl groups is 1. The van der Waals surface area contributed by atoms with Gasteiger partial charge in [-0.1, -0.05) is 0 Å². The van der Waals surface area contributed by atoms with Gasteiger partial charge in [-0.05, 0) is 49.9 Å². The van der Waals surface area contributed by atoms with Crippen molar-refractivity contribution < 1.29 is 45.2 Å². The van der Waals surface area contributed by atoms with E-state index in [9.17, 15) is 35.9 Å². The average Bonchev–Trinajstić information content (AvgIpc) is 3.01. The maximum absolute atomic E-state index is 14.4. The number of halogens is 4. The van der Waals surface area contributed by atoms with E-state index in [0.717, 1.165) is 18.6 Å². The summed E-state index contributed by atoms with van der Waals surface area (Å²) in [6.45, 7) is 0.0206. The fraction of sp³-hybridized carbons (Fsp3) is 0.938. The zero-order valence-corrected chi connectivity index (χ0v) is 17.5. The van der Waals surface area contributed by atoms with Crippen molar-refractivity contribution in [1.29, 1.82) is 0 Å². The molecule has 0 aromatic carbocycles. The number of aliphatic hydroxyl groups excluding tert-OH is 1. The van der Waals surface area contributed by atoms with E-state index in [1.165, 1.54) is 0 Å². The average molecular weight is 481 g/mol. The van der Waals surface area contributed by atoms with Crippen molar-refractivity contribution in [3.05, 3.63) is 0 Å². The molecule has 4 bridgehead atoms. The number of hydrogen-bond donors (Lipinski definition) is 2. The molecule has 5 fully saturated rings. The Bertz CT molecular complexity index is 802. The summed E-state index contributed by atoms with van der Waals surface area (Å²) in [5.41, 5.74) is -1.37. The summed E-state index contributed by atoms with van der Waals surface area (Å²) in [6, 6.07) is 0. The second-order valence-corrected chi connectivity index (χ2v) is 13.1. The van der Waals surface area contributed by atoms with Crippen molar-refractivity contribution in [2.24, 2.45) is 17.8 Å². The van der Waals surface area contributed by atoms with E-state index in [4.69, 9.17) is 9.29 Å². The van der Waals surface area contributed by atoms with Crippen molar-refractivity contribution in [3.63, 3.8) is 0 Å². The molecule has 1 heterocycles. The molecule has 166 valence electrons. The summed E-state index contributed by atoms with van der Waals surface area (Å²) in [5, 5.41) is 4.02. The summed E-state index contributed by atoms with van der Waals surface area (Å²) >= 11 is 3.38. The van der Waals surface area contributed by atoms with Crippen LogP contribution in [0.4, 0.5) is 17.6 Å². The number of hydrogen-bond acceptors (Lipinski definition) is 7. The monoisotopic (exact) mass is 480 g/mol. The Balaban J connectivity index is 1.61. The van der Waals surface area contributed by atoms with E-state index in [-0.39, 0.29) is 53.0 Å². The van der Waals surface area contributed by atoms with Gasteiger partial charge in [0.2, 0.25) is 0 Å². The molecule has 4 saturated carbocycles. The van der Waals surface area contributed by atoms with Gasteiger partial charge in [0.05, 0.1) is 10.7 Å². The number of carbonyl (C=O) groups excluding carboxylic acids is 1. The molecule has 29 heavy (non-hydrogen) atoms. The molecule has 5 aliphatic rings. The lowest BCUT2D eigenvalue weighted by Crippen LogP contribution is -2.64. The number of thioether (sulfide) groups is 2. The van der Waals surface area contributed by atoms with Crippen LogP contribution in [0.25, 0.3) is 0 Å². The van der Waals surface area contributed by atoms with Crippen molar-refractivity contribution in [2.45, 2.75) is 58.2 Å². The predicted molar refractivity (Wildman–Crippen MR) is 97.5 cm³/mol. The highest BCUT2D eigenvalue weighted by atomic mass is 32.2. The van der Waals surface area contributed by atoms with Crippen LogP contribution < -0.4 is 0 Å². The highest BCUT2D eigenvalue weighted by molar-refractivity contribution is 8.21. The molecule has 0 aromatic heterocycles. The minimum atomic E-state index is -6.44. The Labute approximate surface area is 173 Å². The molecule has 1 aliphatic heterocycles. The van der Waals surface area contributed by atoms with Gasteiger partial charge in [-0.2, -0.15) is 21.6 Å². The lowest BCUT2D eigenvalue weighted by Gasteiger charge is -2.63. The smallest absolute Gasteiger partial charge is 0.451 e. The normalized spacial score (nSPS) is 43.5. The van der Waals surface area contributed by atoms with Gasteiger partial charge >= 0.3 is 27.3 Å². The largest absolute Gasteiger partial charge is 0.456 e. The van der Waals surface area contributed by atoms with Crippen LogP contribution in [0.15, 0.2) is 0 Å². The Morgan fingerprint density at radius 3 is 2.17 bits per heavy atom. The second-order valence-electron chi connectivity index (χ2n) is 8.44. The highest BCUT2D eigenvalue weighted by Gasteiger charge is 2.74. The number of rotatable bonds is 4. The summed E-state index contributed by atoms with van der Waals surface area (Å²) in [4.78, 5) is 12.2. The Morgan fingerprint density at radius 2 is 1.72 bits per heavy atom. The second kappa shape index (κ2) is 6.63. The summed E-state index contributed by atoms with van der Waals surface area (Å²) in [5.74, 6) is -1.79. The lowest BCUT2D eigenvalue weighted by atomic mass is 9.53. The SMILES string of the molecule is O=C(OC12CC3CC(C1)C1(SCC(CO)S1)C(C3)C2)C(F)(C(F)(F)F)S(=O)(=O)O. The number of alkyl halides is 4. The minimum absolute atomic E-state index is 0.00117. The van der Waals surface area contributed by atoms with E-state index >= 15 is 0 Å². The predicted octanol–water partition coefficient (Wildman–Crippen LogP) is 2.76. The van der Waals surface area contributed by atoms with Crippen LogP contribution >= 0.6 is 23.5 Å². The van der Waals surface area contributed by atoms with Crippen molar-refractivity contribution in [1.82, 2.24) is 0 Å². The van der Waals surface area contributed by atoms with Crippen molar-refractivity contribution in [3.8, 4) is 0 Å². The van der Waals surface area contributed by atoms with Gasteiger partial charge in [-0.3, -0.25) is 4.55 Å². The lowest BCUT2D eigenvalue weighted by molar-refractivity contribution is -0.233. The third-order valence-corrected chi connectivity index (χ3v) is 11.9. The molecular weight excluding hydrogens is 460 g/mol.